The number of carbonyl (C=O) groups is 3. The van der Waals surface area contributed by atoms with Gasteiger partial charge in [0.05, 0.1) is 0 Å². The Balaban J connectivity index is 1.75. The van der Waals surface area contributed by atoms with Gasteiger partial charge in [-0.15, -0.1) is 0 Å². The third-order valence-corrected chi connectivity index (χ3v) is 4.01. The van der Waals surface area contributed by atoms with Gasteiger partial charge in [-0.1, -0.05) is 6.07 Å². The van der Waals surface area contributed by atoms with Crippen LogP contribution in [0.3, 0.4) is 0 Å². The van der Waals surface area contributed by atoms with Gasteiger partial charge in [0, 0.05) is 23.0 Å². The molecular formula is C21H15F2N3O3. The van der Waals surface area contributed by atoms with E-state index in [1.54, 1.807) is 24.3 Å². The fourth-order valence-corrected chi connectivity index (χ4v) is 2.48. The molecule has 3 rings (SSSR count). The zero-order valence-electron chi connectivity index (χ0n) is 15.2. The summed E-state index contributed by atoms with van der Waals surface area (Å²) in [5.74, 6) is -3.34. The topological polar surface area (TPSA) is 88.2 Å². The molecular weight excluding hydrogens is 380 g/mol. The van der Waals surface area contributed by atoms with E-state index in [4.69, 9.17) is 0 Å². The first-order chi connectivity index (χ1) is 13.8. The van der Waals surface area contributed by atoms with Crippen molar-refractivity contribution < 1.29 is 23.2 Å². The van der Waals surface area contributed by atoms with Crippen LogP contribution in [-0.4, -0.2) is 22.6 Å². The number of carbonyl (C=O) groups excluding carboxylic acids is 3. The number of hydrogen-bond donors (Lipinski definition) is 2. The summed E-state index contributed by atoms with van der Waals surface area (Å²) >= 11 is 0. The number of para-hydroxylation sites is 1. The number of benzene rings is 2. The molecule has 29 heavy (non-hydrogen) atoms. The smallest absolute Gasteiger partial charge is 0.274 e. The van der Waals surface area contributed by atoms with Crippen LogP contribution in [0, 0.1) is 11.6 Å². The lowest BCUT2D eigenvalue weighted by Crippen LogP contribution is -2.18. The van der Waals surface area contributed by atoms with Gasteiger partial charge in [0.1, 0.15) is 23.0 Å². The number of ketones is 1. The number of pyridine rings is 1. The van der Waals surface area contributed by atoms with Crippen LogP contribution in [0.1, 0.15) is 38.1 Å². The molecule has 0 aliphatic carbocycles. The normalized spacial score (nSPS) is 10.3. The maximum Gasteiger partial charge on any atom is 0.274 e. The van der Waals surface area contributed by atoms with Crippen molar-refractivity contribution in [2.75, 3.05) is 10.6 Å². The maximum atomic E-state index is 13.7. The van der Waals surface area contributed by atoms with Crippen LogP contribution in [0.5, 0.6) is 0 Å². The minimum absolute atomic E-state index is 0.0982. The molecule has 8 heteroatoms. The highest BCUT2D eigenvalue weighted by Gasteiger charge is 2.16. The van der Waals surface area contributed by atoms with Gasteiger partial charge in [0.15, 0.2) is 5.78 Å². The molecule has 2 aromatic carbocycles. The largest absolute Gasteiger partial charge is 0.322 e. The van der Waals surface area contributed by atoms with E-state index in [1.807, 2.05) is 0 Å². The highest BCUT2D eigenvalue weighted by atomic mass is 19.1. The van der Waals surface area contributed by atoms with Crippen LogP contribution in [0.15, 0.2) is 60.8 Å². The Hall–Kier alpha value is -3.94. The monoisotopic (exact) mass is 395 g/mol. The molecule has 0 spiro atoms. The molecule has 2 N–H and O–H groups in total. The van der Waals surface area contributed by atoms with E-state index in [0.717, 1.165) is 12.1 Å². The third kappa shape index (κ3) is 4.67. The van der Waals surface area contributed by atoms with Crippen LogP contribution < -0.4 is 10.6 Å². The Labute approximate surface area is 164 Å². The average molecular weight is 395 g/mol. The summed E-state index contributed by atoms with van der Waals surface area (Å²) in [6.07, 6.45) is 1.24. The van der Waals surface area contributed by atoms with E-state index < -0.39 is 29.1 Å². The summed E-state index contributed by atoms with van der Waals surface area (Å²) in [7, 11) is 0. The summed E-state index contributed by atoms with van der Waals surface area (Å²) in [5, 5.41) is 4.74. The molecule has 1 aromatic heterocycles. The molecule has 0 atom stereocenters. The Bertz CT molecular complexity index is 1080. The van der Waals surface area contributed by atoms with E-state index in [-0.39, 0.29) is 17.0 Å². The predicted molar refractivity (Wildman–Crippen MR) is 103 cm³/mol. The van der Waals surface area contributed by atoms with Crippen molar-refractivity contribution in [1.82, 2.24) is 4.98 Å². The van der Waals surface area contributed by atoms with Crippen LogP contribution in [-0.2, 0) is 0 Å². The van der Waals surface area contributed by atoms with E-state index in [9.17, 15) is 23.2 Å². The number of hydrogen-bond acceptors (Lipinski definition) is 4. The van der Waals surface area contributed by atoms with Gasteiger partial charge in [-0.25, -0.2) is 8.78 Å². The number of amides is 2. The van der Waals surface area contributed by atoms with Crippen molar-refractivity contribution >= 4 is 29.0 Å². The van der Waals surface area contributed by atoms with Crippen molar-refractivity contribution in [1.29, 1.82) is 0 Å². The number of aromatic nitrogens is 1. The molecule has 146 valence electrons. The highest BCUT2D eigenvalue weighted by Crippen LogP contribution is 2.19. The van der Waals surface area contributed by atoms with E-state index in [0.29, 0.717) is 11.3 Å². The van der Waals surface area contributed by atoms with Gasteiger partial charge in [-0.05, 0) is 55.5 Å². The summed E-state index contributed by atoms with van der Waals surface area (Å²) in [4.78, 5) is 39.8. The number of halogens is 2. The van der Waals surface area contributed by atoms with E-state index in [2.05, 4.69) is 15.6 Å². The maximum absolute atomic E-state index is 13.7. The Morgan fingerprint density at radius 1 is 0.828 bits per heavy atom. The second-order valence-electron chi connectivity index (χ2n) is 6.07. The Kier molecular flexibility index (Phi) is 5.73. The molecule has 1 heterocycles. The number of nitrogens with one attached hydrogen (secondary N) is 2. The second kappa shape index (κ2) is 8.39. The number of anilines is 2. The number of nitrogens with zero attached hydrogens (tertiary/aromatic N) is 1. The highest BCUT2D eigenvalue weighted by molar-refractivity contribution is 6.08. The summed E-state index contributed by atoms with van der Waals surface area (Å²) < 4.78 is 27.4. The molecule has 0 aliphatic heterocycles. The van der Waals surface area contributed by atoms with Crippen LogP contribution in [0.4, 0.5) is 20.2 Å². The molecule has 0 fully saturated rings. The van der Waals surface area contributed by atoms with Gasteiger partial charge in [-0.3, -0.25) is 19.4 Å². The molecule has 0 unspecified atom stereocenters. The van der Waals surface area contributed by atoms with Gasteiger partial charge in [-0.2, -0.15) is 0 Å². The number of Topliss-reactive ketones (excluding diaryl/α,β-unsaturated/α-hetero) is 1. The predicted octanol–water partition coefficient (Wildman–Crippen LogP) is 4.07. The summed E-state index contributed by atoms with van der Waals surface area (Å²) in [6.45, 7) is 1.43. The SMILES string of the molecule is CC(=O)c1ccc(NC(=O)c2ccnc(C(=O)Nc3c(F)cccc3F)c2)cc1. The fraction of sp³-hybridized carbons (Fsp3) is 0.0476. The van der Waals surface area contributed by atoms with Gasteiger partial charge < -0.3 is 10.6 Å². The van der Waals surface area contributed by atoms with Crippen molar-refractivity contribution in [2.45, 2.75) is 6.92 Å². The van der Waals surface area contributed by atoms with Gasteiger partial charge in [0.2, 0.25) is 0 Å². The Morgan fingerprint density at radius 2 is 1.48 bits per heavy atom. The van der Waals surface area contributed by atoms with Gasteiger partial charge in [0.25, 0.3) is 11.8 Å². The molecule has 2 amide bonds. The van der Waals surface area contributed by atoms with Crippen LogP contribution in [0.25, 0.3) is 0 Å². The average Bonchev–Trinajstić information content (AvgIpc) is 2.71. The lowest BCUT2D eigenvalue weighted by atomic mass is 10.1. The van der Waals surface area contributed by atoms with Crippen molar-refractivity contribution in [3.05, 3.63) is 89.2 Å². The molecule has 3 aromatic rings. The minimum atomic E-state index is -0.929. The fourth-order valence-electron chi connectivity index (χ4n) is 2.48. The molecule has 0 saturated carbocycles. The lowest BCUT2D eigenvalue weighted by Gasteiger charge is -2.09. The molecule has 0 aliphatic rings. The molecule has 6 nitrogen and oxygen atoms in total. The van der Waals surface area contributed by atoms with E-state index >= 15 is 0 Å². The summed E-state index contributed by atoms with van der Waals surface area (Å²) in [5.41, 5.74) is 0.296. The van der Waals surface area contributed by atoms with Gasteiger partial charge >= 0.3 is 0 Å². The summed E-state index contributed by atoms with van der Waals surface area (Å²) in [6, 6.07) is 12.1. The number of rotatable bonds is 5. The minimum Gasteiger partial charge on any atom is -0.322 e. The quantitative estimate of drug-likeness (QED) is 0.638. The van der Waals surface area contributed by atoms with Crippen molar-refractivity contribution in [3.8, 4) is 0 Å². The Morgan fingerprint density at radius 3 is 2.10 bits per heavy atom. The van der Waals surface area contributed by atoms with Crippen molar-refractivity contribution in [3.63, 3.8) is 0 Å². The zero-order chi connectivity index (χ0) is 21.0. The van der Waals surface area contributed by atoms with Crippen LogP contribution in [0.2, 0.25) is 0 Å². The first kappa shape index (κ1) is 19.8. The second-order valence-corrected chi connectivity index (χ2v) is 6.07. The first-order valence-electron chi connectivity index (χ1n) is 8.49. The van der Waals surface area contributed by atoms with E-state index in [1.165, 1.54) is 31.3 Å². The molecule has 0 radical (unpaired) electrons. The first-order valence-corrected chi connectivity index (χ1v) is 8.49. The standard InChI is InChI=1S/C21H15F2N3O3/c1-12(27)13-5-7-15(8-6-13)25-20(28)14-9-10-24-18(11-14)21(29)26-19-16(22)3-2-4-17(19)23/h2-11H,1H3,(H,25,28)(H,26,29). The molecule has 0 bridgehead atoms. The van der Waals surface area contributed by atoms with Crippen molar-refractivity contribution in [2.24, 2.45) is 0 Å². The molecule has 0 saturated heterocycles. The zero-order valence-corrected chi connectivity index (χ0v) is 15.2. The lowest BCUT2D eigenvalue weighted by molar-refractivity contribution is 0.100. The third-order valence-electron chi connectivity index (χ3n) is 4.01. The van der Waals surface area contributed by atoms with Crippen LogP contribution >= 0.6 is 0 Å².